The van der Waals surface area contributed by atoms with Gasteiger partial charge in [0.2, 0.25) is 11.8 Å². The monoisotopic (exact) mass is 379 g/mol. The molecule has 2 saturated heterocycles. The molecule has 0 atom stereocenters. The number of ether oxygens (including phenoxy) is 1. The van der Waals surface area contributed by atoms with Gasteiger partial charge >= 0.3 is 0 Å². The van der Waals surface area contributed by atoms with Gasteiger partial charge in [0.05, 0.1) is 12.1 Å². The van der Waals surface area contributed by atoms with Crippen LogP contribution in [0, 0.1) is 0 Å². The molecule has 0 aliphatic carbocycles. The lowest BCUT2D eigenvalue weighted by Crippen LogP contribution is -2.50. The van der Waals surface area contributed by atoms with Crippen molar-refractivity contribution in [2.75, 3.05) is 32.7 Å². The minimum Gasteiger partial charge on any atom is -0.489 e. The van der Waals surface area contributed by atoms with Gasteiger partial charge in [-0.25, -0.2) is 0 Å². The number of piperazine rings is 1. The largest absolute Gasteiger partial charge is 0.489 e. The Bertz CT molecular complexity index is 716. The number of nitrogens with zero attached hydrogens (tertiary/aromatic N) is 2. The predicted octanol–water partition coefficient (Wildman–Crippen LogP) is 1.30. The van der Waals surface area contributed by atoms with Gasteiger partial charge in [-0.3, -0.25) is 14.4 Å². The summed E-state index contributed by atoms with van der Waals surface area (Å²) in [5.74, 6) is 0.0880. The van der Waals surface area contributed by atoms with Crippen LogP contribution in [0.3, 0.4) is 0 Å². The molecule has 2 aliphatic heterocycles. The highest BCUT2D eigenvalue weighted by atomic mass is 35.5. The first kappa shape index (κ1) is 18.5. The van der Waals surface area contributed by atoms with E-state index in [1.807, 2.05) is 0 Å². The van der Waals surface area contributed by atoms with Gasteiger partial charge in [0.25, 0.3) is 5.91 Å². The molecule has 3 rings (SSSR count). The van der Waals surface area contributed by atoms with Crippen LogP contribution in [0.4, 0.5) is 0 Å². The number of likely N-dealkylation sites (tertiary alicyclic amines) is 1. The van der Waals surface area contributed by atoms with Crippen LogP contribution in [0.5, 0.6) is 5.75 Å². The van der Waals surface area contributed by atoms with Gasteiger partial charge in [-0.15, -0.1) is 0 Å². The molecule has 0 saturated carbocycles. The second-order valence-corrected chi connectivity index (χ2v) is 6.98. The van der Waals surface area contributed by atoms with Crippen molar-refractivity contribution in [3.8, 4) is 5.75 Å². The third-order valence-electron chi connectivity index (χ3n) is 4.68. The van der Waals surface area contributed by atoms with Gasteiger partial charge < -0.3 is 19.9 Å². The highest BCUT2D eigenvalue weighted by Crippen LogP contribution is 2.27. The summed E-state index contributed by atoms with van der Waals surface area (Å²) in [5, 5.41) is 3.14. The molecular weight excluding hydrogens is 358 g/mol. The van der Waals surface area contributed by atoms with Gasteiger partial charge in [0.15, 0.2) is 0 Å². The van der Waals surface area contributed by atoms with Crippen molar-refractivity contribution in [3.63, 3.8) is 0 Å². The molecule has 0 bridgehead atoms. The molecule has 140 valence electrons. The molecule has 2 fully saturated rings. The minimum absolute atomic E-state index is 0.0296. The summed E-state index contributed by atoms with van der Waals surface area (Å²) in [6.45, 7) is 3.76. The van der Waals surface area contributed by atoms with E-state index in [1.165, 1.54) is 4.90 Å². The molecule has 2 heterocycles. The molecule has 26 heavy (non-hydrogen) atoms. The first-order valence-electron chi connectivity index (χ1n) is 8.71. The minimum atomic E-state index is -0.265. The number of amides is 3. The van der Waals surface area contributed by atoms with Gasteiger partial charge in [0.1, 0.15) is 11.9 Å². The van der Waals surface area contributed by atoms with Crippen molar-refractivity contribution in [2.24, 2.45) is 0 Å². The van der Waals surface area contributed by atoms with Crippen LogP contribution in [-0.2, 0) is 9.59 Å². The maximum atomic E-state index is 12.9. The summed E-state index contributed by atoms with van der Waals surface area (Å²) in [6.07, 6.45) is 1.35. The third kappa shape index (κ3) is 4.27. The number of hydrogen-bond donors (Lipinski definition) is 1. The zero-order valence-corrected chi connectivity index (χ0v) is 15.4. The summed E-state index contributed by atoms with van der Waals surface area (Å²) in [7, 11) is 0. The molecule has 0 radical (unpaired) electrons. The molecule has 8 heteroatoms. The van der Waals surface area contributed by atoms with Crippen LogP contribution < -0.4 is 10.1 Å². The van der Waals surface area contributed by atoms with Crippen molar-refractivity contribution >= 4 is 29.3 Å². The van der Waals surface area contributed by atoms with Gasteiger partial charge in [0, 0.05) is 51.0 Å². The van der Waals surface area contributed by atoms with Gasteiger partial charge in [-0.05, 0) is 18.2 Å². The maximum Gasteiger partial charge on any atom is 0.258 e. The van der Waals surface area contributed by atoms with E-state index in [0.29, 0.717) is 55.4 Å². The smallest absolute Gasteiger partial charge is 0.258 e. The fourth-order valence-corrected chi connectivity index (χ4v) is 3.39. The summed E-state index contributed by atoms with van der Waals surface area (Å²) in [4.78, 5) is 39.1. The number of nitrogens with one attached hydrogen (secondary N) is 1. The van der Waals surface area contributed by atoms with Crippen molar-refractivity contribution in [2.45, 2.75) is 25.9 Å². The van der Waals surface area contributed by atoms with Gasteiger partial charge in [-0.2, -0.15) is 0 Å². The topological polar surface area (TPSA) is 79.0 Å². The van der Waals surface area contributed by atoms with Crippen LogP contribution in [0.1, 0.15) is 30.1 Å². The van der Waals surface area contributed by atoms with Gasteiger partial charge in [-0.1, -0.05) is 11.6 Å². The Morgan fingerprint density at radius 3 is 2.58 bits per heavy atom. The fourth-order valence-electron chi connectivity index (χ4n) is 3.22. The van der Waals surface area contributed by atoms with E-state index in [2.05, 4.69) is 5.32 Å². The van der Waals surface area contributed by atoms with Crippen LogP contribution in [0.25, 0.3) is 0 Å². The SMILES string of the molecule is CC(=O)N1CCC(Oc2ccc(Cl)cc2C(=O)N2CCNC(=O)C2)CC1. The Morgan fingerprint density at radius 2 is 1.92 bits per heavy atom. The highest BCUT2D eigenvalue weighted by molar-refractivity contribution is 6.31. The Hall–Kier alpha value is -2.28. The number of hydrogen-bond acceptors (Lipinski definition) is 4. The van der Waals surface area contributed by atoms with E-state index in [-0.39, 0.29) is 30.4 Å². The average molecular weight is 380 g/mol. The van der Waals surface area contributed by atoms with Crippen molar-refractivity contribution < 1.29 is 19.1 Å². The predicted molar refractivity (Wildman–Crippen MR) is 96.3 cm³/mol. The van der Waals surface area contributed by atoms with Crippen LogP contribution >= 0.6 is 11.6 Å². The van der Waals surface area contributed by atoms with E-state index in [0.717, 1.165) is 0 Å². The molecule has 1 aromatic rings. The van der Waals surface area contributed by atoms with Crippen LogP contribution in [-0.4, -0.2) is 66.3 Å². The average Bonchev–Trinajstić information content (AvgIpc) is 2.63. The van der Waals surface area contributed by atoms with Crippen molar-refractivity contribution in [3.05, 3.63) is 28.8 Å². The first-order chi connectivity index (χ1) is 12.4. The first-order valence-corrected chi connectivity index (χ1v) is 9.09. The maximum absolute atomic E-state index is 12.9. The van der Waals surface area contributed by atoms with E-state index in [9.17, 15) is 14.4 Å². The molecule has 0 spiro atoms. The number of benzene rings is 1. The summed E-state index contributed by atoms with van der Waals surface area (Å²) in [5.41, 5.74) is 0.362. The molecule has 2 aliphatic rings. The zero-order valence-electron chi connectivity index (χ0n) is 14.7. The number of rotatable bonds is 3. The van der Waals surface area contributed by atoms with E-state index in [1.54, 1.807) is 30.0 Å². The normalized spacial score (nSPS) is 18.5. The van der Waals surface area contributed by atoms with E-state index >= 15 is 0 Å². The second kappa shape index (κ2) is 7.95. The molecule has 1 N–H and O–H groups in total. The van der Waals surface area contributed by atoms with Crippen LogP contribution in [0.15, 0.2) is 18.2 Å². The number of halogens is 1. The standard InChI is InChI=1S/C18H22ClN3O4/c1-12(23)21-7-4-14(5-8-21)26-16-3-2-13(19)10-15(16)18(25)22-9-6-20-17(24)11-22/h2-3,10,14H,4-9,11H2,1H3,(H,20,24). The number of carbonyl (C=O) groups is 3. The quantitative estimate of drug-likeness (QED) is 0.858. The second-order valence-electron chi connectivity index (χ2n) is 6.54. The summed E-state index contributed by atoms with van der Waals surface area (Å²) < 4.78 is 6.06. The molecule has 7 nitrogen and oxygen atoms in total. The zero-order chi connectivity index (χ0) is 18.7. The van der Waals surface area contributed by atoms with Crippen molar-refractivity contribution in [1.82, 2.24) is 15.1 Å². The number of carbonyl (C=O) groups excluding carboxylic acids is 3. The van der Waals surface area contributed by atoms with Crippen molar-refractivity contribution in [1.29, 1.82) is 0 Å². The molecular formula is C18H22ClN3O4. The lowest BCUT2D eigenvalue weighted by molar-refractivity contribution is -0.130. The fraction of sp³-hybridized carbons (Fsp3) is 0.500. The third-order valence-corrected chi connectivity index (χ3v) is 4.91. The highest BCUT2D eigenvalue weighted by Gasteiger charge is 2.27. The summed E-state index contributed by atoms with van der Waals surface area (Å²) in [6, 6.07) is 4.95. The Kier molecular flexibility index (Phi) is 5.66. The lowest BCUT2D eigenvalue weighted by atomic mass is 10.1. The lowest BCUT2D eigenvalue weighted by Gasteiger charge is -2.32. The summed E-state index contributed by atoms with van der Waals surface area (Å²) >= 11 is 6.08. The molecule has 0 unspecified atom stereocenters. The van der Waals surface area contributed by atoms with E-state index in [4.69, 9.17) is 16.3 Å². The van der Waals surface area contributed by atoms with Crippen LogP contribution in [0.2, 0.25) is 5.02 Å². The molecule has 0 aromatic heterocycles. The van der Waals surface area contributed by atoms with E-state index < -0.39 is 0 Å². The Morgan fingerprint density at radius 1 is 1.19 bits per heavy atom. The molecule has 3 amide bonds. The Labute approximate surface area is 157 Å². The Balaban J connectivity index is 1.73. The molecule has 1 aromatic carbocycles. The number of piperidine rings is 1.